The van der Waals surface area contributed by atoms with E-state index in [0.29, 0.717) is 37.6 Å². The lowest BCUT2D eigenvalue weighted by molar-refractivity contribution is -0.129. The fourth-order valence-corrected chi connectivity index (χ4v) is 5.03. The molecule has 0 radical (unpaired) electrons. The number of benzene rings is 1. The molecule has 0 saturated carbocycles. The van der Waals surface area contributed by atoms with Crippen molar-refractivity contribution in [2.45, 2.75) is 27.7 Å². The lowest BCUT2D eigenvalue weighted by atomic mass is 10.2. The number of likely N-dealkylation sites (N-methyl/N-ethyl adjacent to an activating group) is 2. The second-order valence-electron chi connectivity index (χ2n) is 7.74. The highest BCUT2D eigenvalue weighted by atomic mass is 32.2. The van der Waals surface area contributed by atoms with Gasteiger partial charge in [-0.05, 0) is 39.8 Å². The van der Waals surface area contributed by atoms with Crippen LogP contribution in [0.1, 0.15) is 27.7 Å². The molecule has 2 amide bonds. The number of amides is 2. The van der Waals surface area contributed by atoms with Crippen LogP contribution in [0.3, 0.4) is 0 Å². The van der Waals surface area contributed by atoms with Crippen molar-refractivity contribution in [2.24, 2.45) is 0 Å². The molecule has 2 rings (SSSR count). The van der Waals surface area contributed by atoms with E-state index in [1.165, 1.54) is 0 Å². The predicted octanol–water partition coefficient (Wildman–Crippen LogP) is 2.41. The van der Waals surface area contributed by atoms with Crippen molar-refractivity contribution in [3.05, 3.63) is 48.6 Å². The summed E-state index contributed by atoms with van der Waals surface area (Å²) in [6, 6.07) is 6.71. The van der Waals surface area contributed by atoms with E-state index in [4.69, 9.17) is 0 Å². The highest BCUT2D eigenvalue weighted by molar-refractivity contribution is 7.94. The Kier molecular flexibility index (Phi) is 7.89. The Morgan fingerprint density at radius 2 is 1.19 bits per heavy atom. The molecule has 1 aromatic carbocycles. The van der Waals surface area contributed by atoms with Crippen LogP contribution < -0.4 is 8.61 Å². The third-order valence-electron chi connectivity index (χ3n) is 4.92. The van der Waals surface area contributed by atoms with Crippen molar-refractivity contribution in [2.75, 3.05) is 47.9 Å². The first kappa shape index (κ1) is 24.5. The summed E-state index contributed by atoms with van der Waals surface area (Å²) in [6.07, 6.45) is 0. The van der Waals surface area contributed by atoms with Crippen LogP contribution in [0.25, 0.3) is 0 Å². The molecule has 0 aromatic heterocycles. The van der Waals surface area contributed by atoms with Gasteiger partial charge in [-0.2, -0.15) is 8.42 Å². The zero-order valence-electron chi connectivity index (χ0n) is 18.8. The molecule has 170 valence electrons. The molecule has 0 unspecified atom stereocenters. The quantitative estimate of drug-likeness (QED) is 0.515. The van der Waals surface area contributed by atoms with E-state index in [0.717, 1.165) is 19.8 Å². The summed E-state index contributed by atoms with van der Waals surface area (Å²) >= 11 is 0. The maximum Gasteiger partial charge on any atom is 0.327 e. The van der Waals surface area contributed by atoms with Gasteiger partial charge in [0.05, 0.1) is 11.4 Å². The molecule has 0 N–H and O–H groups in total. The van der Waals surface area contributed by atoms with E-state index < -0.39 is 10.2 Å². The van der Waals surface area contributed by atoms with Crippen LogP contribution in [-0.4, -0.2) is 69.3 Å². The van der Waals surface area contributed by atoms with Gasteiger partial charge in [0.1, 0.15) is 13.1 Å². The van der Waals surface area contributed by atoms with Crippen LogP contribution in [0, 0.1) is 0 Å². The van der Waals surface area contributed by atoms with E-state index in [1.807, 2.05) is 27.7 Å². The van der Waals surface area contributed by atoms with E-state index in [2.05, 4.69) is 13.2 Å². The number of nitrogens with zero attached hydrogens (tertiary/aromatic N) is 4. The van der Waals surface area contributed by atoms with Crippen LogP contribution in [0.15, 0.2) is 48.6 Å². The number of para-hydroxylation sites is 2. The fraction of sp³-hybridized carbons (Fsp3) is 0.455. The standard InChI is InChI=1S/C22H32N4O4S/c1-7-23(13-17(3)4)21(27)15-25-19-11-9-10-12-20(19)26(31(25,29)30)16-22(28)24(8-2)14-18(5)6/h9-12H,3,5,7-8,13-16H2,1-2,4,6H3. The van der Waals surface area contributed by atoms with Crippen molar-refractivity contribution in [1.29, 1.82) is 0 Å². The number of fused-ring (bicyclic) bond motifs is 1. The van der Waals surface area contributed by atoms with Crippen LogP contribution in [-0.2, 0) is 19.8 Å². The molecule has 9 heteroatoms. The Hall–Kier alpha value is -2.81. The first-order valence-electron chi connectivity index (χ1n) is 10.3. The summed E-state index contributed by atoms with van der Waals surface area (Å²) in [7, 11) is -4.09. The van der Waals surface area contributed by atoms with Gasteiger partial charge < -0.3 is 9.80 Å². The Morgan fingerprint density at radius 1 is 0.839 bits per heavy atom. The molecular weight excluding hydrogens is 416 g/mol. The number of carbonyl (C=O) groups is 2. The second kappa shape index (κ2) is 10.00. The summed E-state index contributed by atoms with van der Waals surface area (Å²) in [5, 5.41) is 0. The molecule has 0 fully saturated rings. The molecule has 8 nitrogen and oxygen atoms in total. The van der Waals surface area contributed by atoms with Gasteiger partial charge >= 0.3 is 10.2 Å². The topological polar surface area (TPSA) is 81.2 Å². The molecule has 1 aliphatic rings. The maximum atomic E-state index is 13.4. The van der Waals surface area contributed by atoms with Gasteiger partial charge in [0.15, 0.2) is 0 Å². The molecular formula is C22H32N4O4S. The monoisotopic (exact) mass is 448 g/mol. The molecule has 1 aromatic rings. The van der Waals surface area contributed by atoms with E-state index in [-0.39, 0.29) is 24.9 Å². The van der Waals surface area contributed by atoms with Crippen LogP contribution in [0.4, 0.5) is 11.4 Å². The molecule has 0 bridgehead atoms. The summed E-state index contributed by atoms with van der Waals surface area (Å²) in [4.78, 5) is 28.8. The third-order valence-corrected chi connectivity index (χ3v) is 6.69. The predicted molar refractivity (Wildman–Crippen MR) is 124 cm³/mol. The fourth-order valence-electron chi connectivity index (χ4n) is 3.44. The average Bonchev–Trinajstić information content (AvgIpc) is 2.91. The molecule has 0 aliphatic carbocycles. The van der Waals surface area contributed by atoms with Crippen molar-refractivity contribution in [3.8, 4) is 0 Å². The molecule has 1 aliphatic heterocycles. The third kappa shape index (κ3) is 5.46. The molecule has 0 spiro atoms. The van der Waals surface area contributed by atoms with E-state index >= 15 is 0 Å². The van der Waals surface area contributed by atoms with Crippen molar-refractivity contribution < 1.29 is 18.0 Å². The van der Waals surface area contributed by atoms with Gasteiger partial charge in [0, 0.05) is 26.2 Å². The summed E-state index contributed by atoms with van der Waals surface area (Å²) in [5.74, 6) is -0.649. The van der Waals surface area contributed by atoms with E-state index in [1.54, 1.807) is 34.1 Å². The van der Waals surface area contributed by atoms with Gasteiger partial charge in [-0.3, -0.25) is 9.59 Å². The van der Waals surface area contributed by atoms with Gasteiger partial charge in [-0.25, -0.2) is 8.61 Å². The number of hydrogen-bond donors (Lipinski definition) is 0. The maximum absolute atomic E-state index is 13.4. The smallest absolute Gasteiger partial charge is 0.327 e. The minimum atomic E-state index is -4.09. The van der Waals surface area contributed by atoms with Crippen LogP contribution >= 0.6 is 0 Å². The van der Waals surface area contributed by atoms with Crippen molar-refractivity contribution in [1.82, 2.24) is 9.80 Å². The average molecular weight is 449 g/mol. The van der Waals surface area contributed by atoms with Crippen LogP contribution in [0.5, 0.6) is 0 Å². The summed E-state index contributed by atoms with van der Waals surface area (Å²) in [6.45, 7) is 15.9. The molecule has 1 heterocycles. The highest BCUT2D eigenvalue weighted by Crippen LogP contribution is 2.40. The number of anilines is 2. The summed E-state index contributed by atoms with van der Waals surface area (Å²) < 4.78 is 28.9. The minimum Gasteiger partial charge on any atom is -0.337 e. The molecule has 0 saturated heterocycles. The number of rotatable bonds is 10. The first-order chi connectivity index (χ1) is 14.5. The Bertz CT molecular complexity index is 902. The highest BCUT2D eigenvalue weighted by Gasteiger charge is 2.42. The molecule has 0 atom stereocenters. The van der Waals surface area contributed by atoms with Gasteiger partial charge in [-0.15, -0.1) is 0 Å². The SMILES string of the molecule is C=C(C)CN(CC)C(=O)CN1c2ccccc2N(CC(=O)N(CC)CC(=C)C)S1(=O)=O. The number of carbonyl (C=O) groups excluding carboxylic acids is 2. The Labute approximate surface area is 185 Å². The van der Waals surface area contributed by atoms with Gasteiger partial charge in [-0.1, -0.05) is 36.4 Å². The Morgan fingerprint density at radius 3 is 1.48 bits per heavy atom. The minimum absolute atomic E-state index is 0.325. The second-order valence-corrected chi connectivity index (χ2v) is 9.52. The van der Waals surface area contributed by atoms with Gasteiger partial charge in [0.2, 0.25) is 11.8 Å². The number of hydrogen-bond acceptors (Lipinski definition) is 4. The first-order valence-corrected chi connectivity index (χ1v) is 11.7. The molecule has 31 heavy (non-hydrogen) atoms. The van der Waals surface area contributed by atoms with Crippen LogP contribution in [0.2, 0.25) is 0 Å². The normalized spacial score (nSPS) is 14.2. The van der Waals surface area contributed by atoms with Crippen molar-refractivity contribution >= 4 is 33.4 Å². The van der Waals surface area contributed by atoms with E-state index in [9.17, 15) is 18.0 Å². The Balaban J connectivity index is 2.33. The summed E-state index contributed by atoms with van der Waals surface area (Å²) in [5.41, 5.74) is 2.39. The van der Waals surface area contributed by atoms with Gasteiger partial charge in [0.25, 0.3) is 0 Å². The zero-order valence-corrected chi connectivity index (χ0v) is 19.6. The largest absolute Gasteiger partial charge is 0.337 e. The zero-order chi connectivity index (χ0) is 23.3. The lowest BCUT2D eigenvalue weighted by Crippen LogP contribution is -2.48. The van der Waals surface area contributed by atoms with Crippen molar-refractivity contribution in [3.63, 3.8) is 0 Å². The lowest BCUT2D eigenvalue weighted by Gasteiger charge is -2.27.